The minimum absolute atomic E-state index is 0.300. The number of nitrogens with one attached hydrogen (secondary N) is 1. The summed E-state index contributed by atoms with van der Waals surface area (Å²) in [7, 11) is 0. The molecule has 5 nitrogen and oxygen atoms in total. The maximum Gasteiger partial charge on any atom is 0.137 e. The van der Waals surface area contributed by atoms with Crippen LogP contribution in [-0.2, 0) is 6.54 Å². The average molecular weight is 223 g/mol. The smallest absolute Gasteiger partial charge is 0.137 e. The summed E-state index contributed by atoms with van der Waals surface area (Å²) in [6.07, 6.45) is 5.09. The summed E-state index contributed by atoms with van der Waals surface area (Å²) in [4.78, 5) is 8.14. The number of thiazole rings is 1. The second-order valence-corrected chi connectivity index (χ2v) is 4.13. The topological polar surface area (TPSA) is 55.6 Å². The van der Waals surface area contributed by atoms with E-state index in [-0.39, 0.29) is 0 Å². The predicted molar refractivity (Wildman–Crippen MR) is 58.6 cm³/mol. The van der Waals surface area contributed by atoms with Crippen LogP contribution in [0.2, 0.25) is 0 Å². The van der Waals surface area contributed by atoms with Gasteiger partial charge in [-0.05, 0) is 6.92 Å². The molecule has 2 rings (SSSR count). The number of hydrogen-bond donors (Lipinski definition) is 1. The largest absolute Gasteiger partial charge is 0.306 e. The molecule has 0 spiro atoms. The van der Waals surface area contributed by atoms with E-state index in [1.54, 1.807) is 24.0 Å². The molecule has 2 aromatic heterocycles. The minimum Gasteiger partial charge on any atom is -0.306 e. The molecule has 0 fully saturated rings. The summed E-state index contributed by atoms with van der Waals surface area (Å²) in [5.74, 6) is 0. The zero-order valence-corrected chi connectivity index (χ0v) is 9.31. The van der Waals surface area contributed by atoms with Crippen molar-refractivity contribution in [1.82, 2.24) is 25.1 Å². The Balaban J connectivity index is 1.74. The van der Waals surface area contributed by atoms with Crippen LogP contribution < -0.4 is 5.32 Å². The van der Waals surface area contributed by atoms with Crippen molar-refractivity contribution < 1.29 is 0 Å². The highest BCUT2D eigenvalue weighted by molar-refractivity contribution is 7.09. The fraction of sp³-hybridized carbons (Fsp3) is 0.444. The molecule has 1 atom stereocenters. The first-order chi connectivity index (χ1) is 7.36. The zero-order valence-electron chi connectivity index (χ0n) is 8.50. The van der Waals surface area contributed by atoms with Crippen LogP contribution >= 0.6 is 11.3 Å². The van der Waals surface area contributed by atoms with Crippen molar-refractivity contribution in [3.63, 3.8) is 0 Å². The third-order valence-electron chi connectivity index (χ3n) is 2.08. The van der Waals surface area contributed by atoms with E-state index >= 15 is 0 Å². The molecule has 2 aromatic rings. The zero-order chi connectivity index (χ0) is 10.5. The molecule has 0 aliphatic heterocycles. The van der Waals surface area contributed by atoms with E-state index < -0.39 is 0 Å². The lowest BCUT2D eigenvalue weighted by molar-refractivity contribution is 0.505. The molecular formula is C9H13N5S. The lowest BCUT2D eigenvalue weighted by atomic mass is 10.3. The molecule has 80 valence electrons. The van der Waals surface area contributed by atoms with Crippen LogP contribution in [0, 0.1) is 0 Å². The van der Waals surface area contributed by atoms with Gasteiger partial charge in [-0.3, -0.25) is 4.68 Å². The number of aromatic nitrogens is 4. The molecule has 0 aromatic carbocycles. The summed E-state index contributed by atoms with van der Waals surface area (Å²) in [6.45, 7) is 3.81. The van der Waals surface area contributed by atoms with E-state index in [0.29, 0.717) is 6.04 Å². The fourth-order valence-electron chi connectivity index (χ4n) is 1.28. The van der Waals surface area contributed by atoms with Gasteiger partial charge in [0.05, 0.1) is 12.6 Å². The maximum atomic E-state index is 4.25. The summed E-state index contributed by atoms with van der Waals surface area (Å²) < 4.78 is 1.81. The molecule has 0 saturated heterocycles. The van der Waals surface area contributed by atoms with Gasteiger partial charge < -0.3 is 5.32 Å². The number of hydrogen-bond acceptors (Lipinski definition) is 5. The van der Waals surface area contributed by atoms with E-state index in [4.69, 9.17) is 0 Å². The Bertz CT molecular complexity index is 369. The lowest BCUT2D eigenvalue weighted by Crippen LogP contribution is -2.23. The second kappa shape index (κ2) is 4.99. The van der Waals surface area contributed by atoms with Crippen molar-refractivity contribution in [2.75, 3.05) is 6.54 Å². The van der Waals surface area contributed by atoms with E-state index in [1.807, 2.05) is 16.3 Å². The lowest BCUT2D eigenvalue weighted by Gasteiger charge is -2.10. The Morgan fingerprint density at radius 2 is 2.53 bits per heavy atom. The van der Waals surface area contributed by atoms with Gasteiger partial charge in [0.1, 0.15) is 17.7 Å². The van der Waals surface area contributed by atoms with Crippen molar-refractivity contribution >= 4 is 11.3 Å². The molecule has 1 N–H and O–H groups in total. The number of nitrogens with zero attached hydrogens (tertiary/aromatic N) is 4. The highest BCUT2D eigenvalue weighted by Crippen LogP contribution is 2.13. The van der Waals surface area contributed by atoms with Crippen molar-refractivity contribution in [3.05, 3.63) is 29.2 Å². The second-order valence-electron chi connectivity index (χ2n) is 3.20. The summed E-state index contributed by atoms with van der Waals surface area (Å²) in [5, 5.41) is 10.5. The van der Waals surface area contributed by atoms with Crippen LogP contribution in [0.25, 0.3) is 0 Å². The standard InChI is InChI=1S/C9H13N5S/c1-8(9-12-3-5-15-9)11-2-4-14-7-10-6-13-14/h3,5-8,11H,2,4H2,1H3. The van der Waals surface area contributed by atoms with Gasteiger partial charge in [0.2, 0.25) is 0 Å². The first kappa shape index (κ1) is 10.3. The van der Waals surface area contributed by atoms with Gasteiger partial charge in [0, 0.05) is 18.1 Å². The van der Waals surface area contributed by atoms with E-state index in [1.165, 1.54) is 0 Å². The Morgan fingerprint density at radius 3 is 3.20 bits per heavy atom. The van der Waals surface area contributed by atoms with Crippen LogP contribution in [0.1, 0.15) is 18.0 Å². The van der Waals surface area contributed by atoms with Gasteiger partial charge in [0.25, 0.3) is 0 Å². The van der Waals surface area contributed by atoms with Crippen molar-refractivity contribution in [2.45, 2.75) is 19.5 Å². The first-order valence-electron chi connectivity index (χ1n) is 4.81. The van der Waals surface area contributed by atoms with E-state index in [2.05, 4.69) is 27.3 Å². The summed E-state index contributed by atoms with van der Waals surface area (Å²) >= 11 is 1.67. The fourth-order valence-corrected chi connectivity index (χ4v) is 1.95. The Morgan fingerprint density at radius 1 is 1.60 bits per heavy atom. The molecule has 0 radical (unpaired) electrons. The molecule has 2 heterocycles. The van der Waals surface area contributed by atoms with Crippen LogP contribution in [-0.4, -0.2) is 26.3 Å². The molecule has 0 aliphatic carbocycles. The maximum absolute atomic E-state index is 4.25. The Labute approximate surface area is 92.2 Å². The molecule has 6 heteroatoms. The van der Waals surface area contributed by atoms with Gasteiger partial charge >= 0.3 is 0 Å². The van der Waals surface area contributed by atoms with Gasteiger partial charge in [0.15, 0.2) is 0 Å². The molecule has 1 unspecified atom stereocenters. The average Bonchev–Trinajstić information content (AvgIpc) is 2.90. The highest BCUT2D eigenvalue weighted by atomic mass is 32.1. The first-order valence-corrected chi connectivity index (χ1v) is 5.69. The highest BCUT2D eigenvalue weighted by Gasteiger charge is 2.06. The van der Waals surface area contributed by atoms with Crippen LogP contribution in [0.5, 0.6) is 0 Å². The van der Waals surface area contributed by atoms with E-state index in [0.717, 1.165) is 18.1 Å². The summed E-state index contributed by atoms with van der Waals surface area (Å²) in [5.41, 5.74) is 0. The van der Waals surface area contributed by atoms with E-state index in [9.17, 15) is 0 Å². The van der Waals surface area contributed by atoms with Gasteiger partial charge in [-0.1, -0.05) is 0 Å². The van der Waals surface area contributed by atoms with Crippen LogP contribution in [0.3, 0.4) is 0 Å². The monoisotopic (exact) mass is 223 g/mol. The quantitative estimate of drug-likeness (QED) is 0.824. The Hall–Kier alpha value is -1.27. The Kier molecular flexibility index (Phi) is 3.41. The number of rotatable bonds is 5. The predicted octanol–water partition coefficient (Wildman–Crippen LogP) is 1.09. The SMILES string of the molecule is CC(NCCn1cncn1)c1nccs1. The summed E-state index contributed by atoms with van der Waals surface area (Å²) in [6, 6.07) is 0.300. The minimum atomic E-state index is 0.300. The molecule has 0 aliphatic rings. The third-order valence-corrected chi connectivity index (χ3v) is 3.04. The van der Waals surface area contributed by atoms with Gasteiger partial charge in [-0.2, -0.15) is 5.10 Å². The van der Waals surface area contributed by atoms with Gasteiger partial charge in [-0.25, -0.2) is 9.97 Å². The van der Waals surface area contributed by atoms with Crippen molar-refractivity contribution in [3.8, 4) is 0 Å². The van der Waals surface area contributed by atoms with Crippen molar-refractivity contribution in [2.24, 2.45) is 0 Å². The van der Waals surface area contributed by atoms with Crippen molar-refractivity contribution in [1.29, 1.82) is 0 Å². The normalized spacial score (nSPS) is 12.9. The molecule has 0 amide bonds. The van der Waals surface area contributed by atoms with Crippen LogP contribution in [0.15, 0.2) is 24.2 Å². The molecule has 15 heavy (non-hydrogen) atoms. The molecule has 0 saturated carbocycles. The molecular weight excluding hydrogens is 210 g/mol. The van der Waals surface area contributed by atoms with Gasteiger partial charge in [-0.15, -0.1) is 11.3 Å². The van der Waals surface area contributed by atoms with Crippen LogP contribution in [0.4, 0.5) is 0 Å². The third kappa shape index (κ3) is 2.84. The molecule has 0 bridgehead atoms.